The van der Waals surface area contributed by atoms with E-state index in [-0.39, 0.29) is 0 Å². The molecule has 0 atom stereocenters. The molecular weight excluding hydrogens is 244 g/mol. The molecule has 0 radical (unpaired) electrons. The molecule has 0 aromatic carbocycles. The average Bonchev–Trinajstić information content (AvgIpc) is 3.00. The molecule has 1 aliphatic carbocycles. The van der Waals surface area contributed by atoms with Crippen molar-refractivity contribution in [1.29, 1.82) is 0 Å². The van der Waals surface area contributed by atoms with E-state index in [4.69, 9.17) is 5.73 Å². The van der Waals surface area contributed by atoms with E-state index < -0.39 is 0 Å². The van der Waals surface area contributed by atoms with Gasteiger partial charge in [0, 0.05) is 11.1 Å². The van der Waals surface area contributed by atoms with Gasteiger partial charge in [0.15, 0.2) is 0 Å². The summed E-state index contributed by atoms with van der Waals surface area (Å²) < 4.78 is 0. The minimum absolute atomic E-state index is 0.881. The van der Waals surface area contributed by atoms with Gasteiger partial charge in [0.2, 0.25) is 0 Å². The van der Waals surface area contributed by atoms with Crippen molar-refractivity contribution in [2.75, 3.05) is 5.73 Å². The van der Waals surface area contributed by atoms with Crippen LogP contribution >= 0.6 is 11.3 Å². The highest BCUT2D eigenvalue weighted by molar-refractivity contribution is 7.16. The van der Waals surface area contributed by atoms with Gasteiger partial charge in [-0.3, -0.25) is 4.98 Å². The highest BCUT2D eigenvalue weighted by atomic mass is 32.1. The van der Waals surface area contributed by atoms with E-state index in [9.17, 15) is 0 Å². The van der Waals surface area contributed by atoms with Gasteiger partial charge in [-0.05, 0) is 30.9 Å². The van der Waals surface area contributed by atoms with Crippen molar-refractivity contribution in [1.82, 2.24) is 15.0 Å². The lowest BCUT2D eigenvalue weighted by molar-refractivity contribution is 0.915. The third-order valence-electron chi connectivity index (χ3n) is 3.47. The lowest BCUT2D eigenvalue weighted by Gasteiger charge is -1.98. The fourth-order valence-corrected chi connectivity index (χ4v) is 3.82. The normalized spacial score (nSPS) is 14.2. The van der Waals surface area contributed by atoms with Gasteiger partial charge in [-0.15, -0.1) is 11.3 Å². The van der Waals surface area contributed by atoms with Crippen LogP contribution in [-0.2, 0) is 12.8 Å². The van der Waals surface area contributed by atoms with E-state index in [0.29, 0.717) is 0 Å². The molecule has 0 bridgehead atoms. The molecule has 3 N–H and O–H groups in total. The van der Waals surface area contributed by atoms with E-state index in [1.54, 1.807) is 23.7 Å². The van der Waals surface area contributed by atoms with Crippen LogP contribution in [0.15, 0.2) is 18.5 Å². The maximum absolute atomic E-state index is 6.15. The summed E-state index contributed by atoms with van der Waals surface area (Å²) in [6, 6.07) is 1.91. The Balaban J connectivity index is 1.97. The summed E-state index contributed by atoms with van der Waals surface area (Å²) in [6.07, 6.45) is 7.07. The molecule has 5 heteroatoms. The topological polar surface area (TPSA) is 67.6 Å². The summed E-state index contributed by atoms with van der Waals surface area (Å²) in [7, 11) is 0. The molecule has 3 heterocycles. The average molecular weight is 256 g/mol. The van der Waals surface area contributed by atoms with E-state index >= 15 is 0 Å². The van der Waals surface area contributed by atoms with Crippen molar-refractivity contribution in [2.45, 2.75) is 19.3 Å². The number of hydrogen-bond donors (Lipinski definition) is 2. The Morgan fingerprint density at radius 3 is 3.17 bits per heavy atom. The largest absolute Gasteiger partial charge is 0.390 e. The molecule has 0 fully saturated rings. The second kappa shape index (κ2) is 3.55. The summed E-state index contributed by atoms with van der Waals surface area (Å²) >= 11 is 1.71. The third-order valence-corrected chi connectivity index (χ3v) is 4.59. The number of nitrogen functional groups attached to an aromatic ring is 1. The first-order valence-corrected chi connectivity index (χ1v) is 6.84. The molecule has 0 saturated heterocycles. The third kappa shape index (κ3) is 1.31. The number of nitrogens with one attached hydrogen (secondary N) is 1. The molecule has 0 aliphatic heterocycles. The first-order chi connectivity index (χ1) is 8.83. The number of pyridine rings is 1. The quantitative estimate of drug-likeness (QED) is 0.703. The molecule has 18 heavy (non-hydrogen) atoms. The van der Waals surface area contributed by atoms with Gasteiger partial charge in [0.05, 0.1) is 27.8 Å². The highest BCUT2D eigenvalue weighted by Crippen LogP contribution is 2.42. The standard InChI is InChI=1S/C13H12N4S/c14-12-11(7-2-1-3-10(7)18-12)13-16-8-4-5-15-6-9(8)17-13/h4-6H,1-3,14H2,(H,16,17). The van der Waals surface area contributed by atoms with Crippen LogP contribution in [-0.4, -0.2) is 15.0 Å². The van der Waals surface area contributed by atoms with Gasteiger partial charge >= 0.3 is 0 Å². The molecule has 0 amide bonds. The molecule has 3 aromatic rings. The second-order valence-electron chi connectivity index (χ2n) is 4.57. The Morgan fingerprint density at radius 2 is 2.28 bits per heavy atom. The molecule has 0 unspecified atom stereocenters. The summed E-state index contributed by atoms with van der Waals surface area (Å²) in [4.78, 5) is 13.5. The summed E-state index contributed by atoms with van der Waals surface area (Å²) in [6.45, 7) is 0. The maximum Gasteiger partial charge on any atom is 0.141 e. The molecular formula is C13H12N4S. The van der Waals surface area contributed by atoms with Gasteiger partial charge < -0.3 is 10.7 Å². The van der Waals surface area contributed by atoms with E-state index in [2.05, 4.69) is 15.0 Å². The lowest BCUT2D eigenvalue weighted by Crippen LogP contribution is -1.89. The van der Waals surface area contributed by atoms with Crippen LogP contribution in [0, 0.1) is 0 Å². The van der Waals surface area contributed by atoms with E-state index in [1.807, 2.05) is 6.07 Å². The number of aromatic amines is 1. The number of nitrogens with two attached hydrogens (primary N) is 1. The molecule has 4 rings (SSSR count). The number of rotatable bonds is 1. The fraction of sp³-hybridized carbons (Fsp3) is 0.231. The first kappa shape index (κ1) is 10.1. The van der Waals surface area contributed by atoms with Crippen molar-refractivity contribution in [3.63, 3.8) is 0 Å². The minimum atomic E-state index is 0.881. The predicted octanol–water partition coefficient (Wildman–Crippen LogP) is 2.76. The van der Waals surface area contributed by atoms with Gasteiger partial charge in [0.25, 0.3) is 0 Å². The number of imidazole rings is 1. The summed E-state index contributed by atoms with van der Waals surface area (Å²) in [5, 5.41) is 0.881. The zero-order chi connectivity index (χ0) is 12.1. The minimum Gasteiger partial charge on any atom is -0.390 e. The van der Waals surface area contributed by atoms with Gasteiger partial charge in [-0.1, -0.05) is 0 Å². The zero-order valence-corrected chi connectivity index (χ0v) is 10.5. The lowest BCUT2D eigenvalue weighted by atomic mass is 10.1. The van der Waals surface area contributed by atoms with Crippen LogP contribution in [0.3, 0.4) is 0 Å². The van der Waals surface area contributed by atoms with Gasteiger partial charge in [0.1, 0.15) is 5.82 Å². The molecule has 3 aromatic heterocycles. The Bertz CT molecular complexity index is 708. The Morgan fingerprint density at radius 1 is 1.33 bits per heavy atom. The second-order valence-corrected chi connectivity index (χ2v) is 5.71. The van der Waals surface area contributed by atoms with Crippen LogP contribution in [0.25, 0.3) is 22.4 Å². The number of thiophene rings is 1. The monoisotopic (exact) mass is 256 g/mol. The van der Waals surface area contributed by atoms with Crippen molar-refractivity contribution >= 4 is 27.4 Å². The van der Waals surface area contributed by atoms with Gasteiger partial charge in [-0.2, -0.15) is 0 Å². The SMILES string of the molecule is Nc1sc2c(c1-c1nc3ccncc3[nH]1)CCC2. The van der Waals surface area contributed by atoms with Crippen molar-refractivity contribution < 1.29 is 0 Å². The highest BCUT2D eigenvalue weighted by Gasteiger charge is 2.23. The Labute approximate surface area is 108 Å². The Kier molecular flexibility index (Phi) is 1.99. The molecule has 0 saturated carbocycles. The van der Waals surface area contributed by atoms with Crippen LogP contribution in [0.1, 0.15) is 16.9 Å². The number of aromatic nitrogens is 3. The number of fused-ring (bicyclic) bond motifs is 2. The van der Waals surface area contributed by atoms with Crippen LogP contribution in [0.4, 0.5) is 5.00 Å². The zero-order valence-electron chi connectivity index (χ0n) is 9.73. The molecule has 4 nitrogen and oxygen atoms in total. The molecule has 90 valence electrons. The number of aryl methyl sites for hydroxylation is 1. The number of H-pyrrole nitrogens is 1. The van der Waals surface area contributed by atoms with E-state index in [1.165, 1.54) is 16.9 Å². The molecule has 1 aliphatic rings. The van der Waals surface area contributed by atoms with E-state index in [0.717, 1.165) is 40.3 Å². The fourth-order valence-electron chi connectivity index (χ4n) is 2.66. The molecule has 0 spiro atoms. The van der Waals surface area contributed by atoms with Crippen LogP contribution in [0.2, 0.25) is 0 Å². The smallest absolute Gasteiger partial charge is 0.141 e. The van der Waals surface area contributed by atoms with Crippen molar-refractivity contribution in [3.05, 3.63) is 28.9 Å². The van der Waals surface area contributed by atoms with Crippen molar-refractivity contribution in [3.8, 4) is 11.4 Å². The summed E-state index contributed by atoms with van der Waals surface area (Å²) in [5.74, 6) is 0.884. The first-order valence-electron chi connectivity index (χ1n) is 6.03. The van der Waals surface area contributed by atoms with Crippen LogP contribution < -0.4 is 5.73 Å². The Hall–Kier alpha value is -1.88. The predicted molar refractivity (Wildman–Crippen MR) is 73.6 cm³/mol. The van der Waals surface area contributed by atoms with Gasteiger partial charge in [-0.25, -0.2) is 4.98 Å². The maximum atomic E-state index is 6.15. The van der Waals surface area contributed by atoms with Crippen molar-refractivity contribution in [2.24, 2.45) is 0 Å². The summed E-state index contributed by atoms with van der Waals surface area (Å²) in [5.41, 5.74) is 10.6. The number of anilines is 1. The number of nitrogens with zero attached hydrogens (tertiary/aromatic N) is 2. The number of hydrogen-bond acceptors (Lipinski definition) is 4. The van der Waals surface area contributed by atoms with Crippen LogP contribution in [0.5, 0.6) is 0 Å².